The van der Waals surface area contributed by atoms with Gasteiger partial charge >= 0.3 is 7.60 Å². The molecule has 0 N–H and O–H groups in total. The zero-order valence-corrected chi connectivity index (χ0v) is 17.6. The van der Waals surface area contributed by atoms with Crippen LogP contribution in [-0.2, 0) is 18.3 Å². The van der Waals surface area contributed by atoms with Gasteiger partial charge in [0.1, 0.15) is 5.76 Å². The van der Waals surface area contributed by atoms with Crippen LogP contribution in [-0.4, -0.2) is 13.2 Å². The van der Waals surface area contributed by atoms with E-state index in [0.29, 0.717) is 19.0 Å². The van der Waals surface area contributed by atoms with E-state index in [2.05, 4.69) is 13.8 Å². The van der Waals surface area contributed by atoms with Crippen molar-refractivity contribution in [1.29, 1.82) is 0 Å². The van der Waals surface area contributed by atoms with Gasteiger partial charge in [0.05, 0.1) is 13.2 Å². The van der Waals surface area contributed by atoms with Gasteiger partial charge in [0.25, 0.3) is 0 Å². The lowest BCUT2D eigenvalue weighted by Gasteiger charge is -2.32. The van der Waals surface area contributed by atoms with Crippen molar-refractivity contribution in [2.75, 3.05) is 13.2 Å². The van der Waals surface area contributed by atoms with Crippen LogP contribution in [0, 0.1) is 0 Å². The minimum absolute atomic E-state index is 0.395. The summed E-state index contributed by atoms with van der Waals surface area (Å²) < 4.78 is 31.9. The molecule has 0 fully saturated rings. The molecule has 1 unspecified atom stereocenters. The van der Waals surface area contributed by atoms with Crippen molar-refractivity contribution < 1.29 is 18.3 Å². The second-order valence-corrected chi connectivity index (χ2v) is 8.95. The molecule has 1 aliphatic heterocycles. The van der Waals surface area contributed by atoms with Gasteiger partial charge in [-0.3, -0.25) is 4.57 Å². The van der Waals surface area contributed by atoms with Crippen LogP contribution >= 0.6 is 7.60 Å². The Morgan fingerprint density at radius 2 is 1.50 bits per heavy atom. The number of fused-ring (bicyclic) bond motifs is 1. The topological polar surface area (TPSA) is 44.8 Å². The Morgan fingerprint density at radius 3 is 2.14 bits per heavy atom. The summed E-state index contributed by atoms with van der Waals surface area (Å²) in [4.78, 5) is 0. The molecule has 1 atom stereocenters. The Balaban J connectivity index is 1.96. The molecule has 2 aromatic rings. The van der Waals surface area contributed by atoms with E-state index >= 15 is 0 Å². The van der Waals surface area contributed by atoms with E-state index in [1.54, 1.807) is 0 Å². The van der Waals surface area contributed by atoms with E-state index in [1.165, 1.54) is 0 Å². The minimum atomic E-state index is -3.51. The summed E-state index contributed by atoms with van der Waals surface area (Å²) in [6, 6.07) is 17.7. The molecule has 2 aromatic carbocycles. The lowest BCUT2D eigenvalue weighted by molar-refractivity contribution is 0.136. The lowest BCUT2D eigenvalue weighted by atomic mass is 10.0. The van der Waals surface area contributed by atoms with Crippen molar-refractivity contribution in [1.82, 2.24) is 0 Å². The molecule has 1 heterocycles. The molecule has 0 saturated heterocycles. The fourth-order valence-corrected chi connectivity index (χ4v) is 4.99. The number of hydrogen-bond acceptors (Lipinski definition) is 4. The SMILES string of the molecule is CCCCOP(=O)(OCCCC)C1OC(c2ccccc2)=Cc2ccccc21. The molecule has 5 heteroatoms. The summed E-state index contributed by atoms with van der Waals surface area (Å²) in [5.41, 5.74) is 2.77. The van der Waals surface area contributed by atoms with Gasteiger partial charge < -0.3 is 13.8 Å². The third-order valence-electron chi connectivity index (χ3n) is 4.67. The Morgan fingerprint density at radius 1 is 0.893 bits per heavy atom. The third kappa shape index (κ3) is 4.94. The number of benzene rings is 2. The van der Waals surface area contributed by atoms with Crippen molar-refractivity contribution in [2.45, 2.75) is 45.4 Å². The highest BCUT2D eigenvalue weighted by Crippen LogP contribution is 2.64. The van der Waals surface area contributed by atoms with Gasteiger partial charge in [-0.1, -0.05) is 81.3 Å². The first-order chi connectivity index (χ1) is 13.7. The molecule has 0 bridgehead atoms. The standard InChI is InChI=1S/C23H29O4P/c1-3-5-16-25-28(24,26-17-6-4-2)23-21-15-11-10-14-20(21)18-22(27-23)19-12-8-7-9-13-19/h7-15,18,23H,3-6,16-17H2,1-2H3. The van der Waals surface area contributed by atoms with Gasteiger partial charge in [-0.15, -0.1) is 0 Å². The maximum atomic E-state index is 13.9. The third-order valence-corrected chi connectivity index (χ3v) is 6.71. The first-order valence-electron chi connectivity index (χ1n) is 10.1. The smallest absolute Gasteiger partial charge is 0.375 e. The summed E-state index contributed by atoms with van der Waals surface area (Å²) in [6.07, 6.45) is 5.58. The summed E-state index contributed by atoms with van der Waals surface area (Å²) >= 11 is 0. The fraction of sp³-hybridized carbons (Fsp3) is 0.391. The predicted molar refractivity (Wildman–Crippen MR) is 114 cm³/mol. The Labute approximate surface area is 168 Å². The van der Waals surface area contributed by atoms with Gasteiger partial charge in [0, 0.05) is 11.1 Å². The number of unbranched alkanes of at least 4 members (excludes halogenated alkanes) is 2. The molecular formula is C23H29O4P. The average Bonchev–Trinajstić information content (AvgIpc) is 2.74. The molecule has 28 heavy (non-hydrogen) atoms. The van der Waals surface area contributed by atoms with Crippen LogP contribution in [0.3, 0.4) is 0 Å². The van der Waals surface area contributed by atoms with Crippen LogP contribution in [0.25, 0.3) is 11.8 Å². The summed E-state index contributed by atoms with van der Waals surface area (Å²) in [7, 11) is -3.51. The summed E-state index contributed by atoms with van der Waals surface area (Å²) in [5, 5.41) is 0. The van der Waals surface area contributed by atoms with Gasteiger partial charge in [0.2, 0.25) is 5.85 Å². The molecule has 3 rings (SSSR count). The van der Waals surface area contributed by atoms with Gasteiger partial charge in [-0.05, 0) is 24.5 Å². The van der Waals surface area contributed by atoms with E-state index in [9.17, 15) is 4.57 Å². The van der Waals surface area contributed by atoms with E-state index in [4.69, 9.17) is 13.8 Å². The van der Waals surface area contributed by atoms with Crippen molar-refractivity contribution in [2.24, 2.45) is 0 Å². The molecule has 0 radical (unpaired) electrons. The van der Waals surface area contributed by atoms with Crippen LogP contribution in [0.2, 0.25) is 0 Å². The predicted octanol–water partition coefficient (Wildman–Crippen LogP) is 7.04. The van der Waals surface area contributed by atoms with Crippen LogP contribution in [0.4, 0.5) is 0 Å². The van der Waals surface area contributed by atoms with Crippen molar-refractivity contribution in [3.05, 3.63) is 71.3 Å². The van der Waals surface area contributed by atoms with Gasteiger partial charge in [-0.25, -0.2) is 0 Å². The maximum absolute atomic E-state index is 13.9. The highest BCUT2D eigenvalue weighted by molar-refractivity contribution is 7.54. The molecule has 0 spiro atoms. The molecule has 1 aliphatic rings. The molecule has 0 amide bonds. The molecule has 0 aromatic heterocycles. The highest BCUT2D eigenvalue weighted by Gasteiger charge is 2.42. The quantitative estimate of drug-likeness (QED) is 0.317. The normalized spacial score (nSPS) is 16.2. The Hall–Kier alpha value is -1.87. The second kappa shape index (κ2) is 10.1. The monoisotopic (exact) mass is 400 g/mol. The van der Waals surface area contributed by atoms with Crippen LogP contribution in [0.15, 0.2) is 54.6 Å². The summed E-state index contributed by atoms with van der Waals surface area (Å²) in [5.74, 6) is -0.0830. The van der Waals surface area contributed by atoms with E-state index < -0.39 is 13.4 Å². The van der Waals surface area contributed by atoms with E-state index in [-0.39, 0.29) is 0 Å². The van der Waals surface area contributed by atoms with Gasteiger partial charge in [-0.2, -0.15) is 0 Å². The Kier molecular flexibility index (Phi) is 7.50. The largest absolute Gasteiger partial charge is 0.472 e. The first kappa shape index (κ1) is 20.9. The van der Waals surface area contributed by atoms with Crippen molar-refractivity contribution >= 4 is 19.4 Å². The van der Waals surface area contributed by atoms with E-state index in [1.807, 2.05) is 60.7 Å². The second-order valence-electron chi connectivity index (χ2n) is 6.89. The molecule has 4 nitrogen and oxygen atoms in total. The minimum Gasteiger partial charge on any atom is -0.472 e. The first-order valence-corrected chi connectivity index (χ1v) is 11.7. The van der Waals surface area contributed by atoms with Crippen LogP contribution < -0.4 is 0 Å². The summed E-state index contributed by atoms with van der Waals surface area (Å²) in [6.45, 7) is 4.95. The molecule has 150 valence electrons. The maximum Gasteiger partial charge on any atom is 0.375 e. The van der Waals surface area contributed by atoms with Crippen molar-refractivity contribution in [3.8, 4) is 0 Å². The zero-order chi connectivity index (χ0) is 19.8. The Bertz CT molecular complexity index is 818. The van der Waals surface area contributed by atoms with Crippen LogP contribution in [0.1, 0.15) is 62.1 Å². The average molecular weight is 400 g/mol. The lowest BCUT2D eigenvalue weighted by Crippen LogP contribution is -2.15. The van der Waals surface area contributed by atoms with E-state index in [0.717, 1.165) is 42.4 Å². The fourth-order valence-electron chi connectivity index (χ4n) is 3.06. The zero-order valence-electron chi connectivity index (χ0n) is 16.7. The number of hydrogen-bond donors (Lipinski definition) is 0. The molecule has 0 saturated carbocycles. The number of ether oxygens (including phenoxy) is 1. The molecule has 0 aliphatic carbocycles. The number of rotatable bonds is 10. The molecular weight excluding hydrogens is 371 g/mol. The van der Waals surface area contributed by atoms with Crippen LogP contribution in [0.5, 0.6) is 0 Å². The van der Waals surface area contributed by atoms with Gasteiger partial charge in [0.15, 0.2) is 0 Å². The highest BCUT2D eigenvalue weighted by atomic mass is 31.2. The van der Waals surface area contributed by atoms with Crippen molar-refractivity contribution in [3.63, 3.8) is 0 Å².